The predicted octanol–water partition coefficient (Wildman–Crippen LogP) is 11.7. The second-order valence-corrected chi connectivity index (χ2v) is 17.0. The van der Waals surface area contributed by atoms with Gasteiger partial charge in [-0.05, 0) is 112 Å². The standard InChI is InChI=1S/C45H49N3O/c1-27(2)29-12-16-37-33(22-29)34-23-30(43(3,4)5)13-17-38(34)47(37)41-20-28(26-49)21-42(46-41)48-39-18-14-31(44(6,7)8)24-35(39)36-25-32(45(9,10)11)15-19-40(36)48/h12-25,49H,1,26H2,2-11H3. The molecule has 4 heteroatoms. The number of aliphatic hydroxyl groups is 1. The lowest BCUT2D eigenvalue weighted by atomic mass is 9.85. The molecule has 1 N–H and O–H groups in total. The van der Waals surface area contributed by atoms with Crippen LogP contribution in [0.4, 0.5) is 0 Å². The van der Waals surface area contributed by atoms with Gasteiger partial charge in [0.1, 0.15) is 11.6 Å². The van der Waals surface area contributed by atoms with Crippen molar-refractivity contribution in [1.29, 1.82) is 0 Å². The number of aromatic nitrogens is 3. The fourth-order valence-corrected chi connectivity index (χ4v) is 7.08. The van der Waals surface area contributed by atoms with Crippen LogP contribution in [0.2, 0.25) is 0 Å². The van der Waals surface area contributed by atoms with Gasteiger partial charge in [0.15, 0.2) is 0 Å². The summed E-state index contributed by atoms with van der Waals surface area (Å²) in [7, 11) is 0. The molecule has 0 aliphatic heterocycles. The summed E-state index contributed by atoms with van der Waals surface area (Å²) in [6.07, 6.45) is 0. The fraction of sp³-hybridized carbons (Fsp3) is 0.311. The van der Waals surface area contributed by atoms with E-state index in [9.17, 15) is 5.11 Å². The van der Waals surface area contributed by atoms with Gasteiger partial charge in [-0.1, -0.05) is 98.7 Å². The van der Waals surface area contributed by atoms with Gasteiger partial charge in [0, 0.05) is 21.5 Å². The SMILES string of the molecule is C=C(C)c1ccc2c(c1)c1cc(C(C)(C)C)ccc1n2-c1cc(CO)cc(-n2c3ccc(C(C)(C)C)cc3c3cc(C(C)(C)C)ccc32)n1. The normalized spacial score (nSPS) is 13.0. The van der Waals surface area contributed by atoms with E-state index in [1.54, 1.807) is 0 Å². The van der Waals surface area contributed by atoms with Crippen molar-refractivity contribution in [2.45, 2.75) is 92.1 Å². The quantitative estimate of drug-likeness (QED) is 0.207. The average Bonchev–Trinajstić information content (AvgIpc) is 3.54. The first kappa shape index (κ1) is 32.9. The van der Waals surface area contributed by atoms with Crippen LogP contribution >= 0.6 is 0 Å². The second-order valence-electron chi connectivity index (χ2n) is 17.0. The monoisotopic (exact) mass is 647 g/mol. The lowest BCUT2D eigenvalue weighted by molar-refractivity contribution is 0.281. The molecule has 3 heterocycles. The van der Waals surface area contributed by atoms with Crippen LogP contribution in [0.3, 0.4) is 0 Å². The van der Waals surface area contributed by atoms with Crippen LogP contribution < -0.4 is 0 Å². The van der Waals surface area contributed by atoms with Crippen LogP contribution in [0, 0.1) is 0 Å². The summed E-state index contributed by atoms with van der Waals surface area (Å²) in [5, 5.41) is 15.4. The minimum atomic E-state index is -0.0902. The summed E-state index contributed by atoms with van der Waals surface area (Å²) >= 11 is 0. The molecule has 0 spiro atoms. The van der Waals surface area contributed by atoms with Crippen molar-refractivity contribution in [3.05, 3.63) is 119 Å². The van der Waals surface area contributed by atoms with Gasteiger partial charge in [-0.2, -0.15) is 0 Å². The molecular weight excluding hydrogens is 599 g/mol. The summed E-state index contributed by atoms with van der Waals surface area (Å²) in [6, 6.07) is 31.1. The first-order chi connectivity index (χ1) is 23.0. The number of benzene rings is 4. The maximum Gasteiger partial charge on any atom is 0.140 e. The third kappa shape index (κ3) is 5.56. The summed E-state index contributed by atoms with van der Waals surface area (Å²) in [5.74, 6) is 1.56. The van der Waals surface area contributed by atoms with Crippen molar-refractivity contribution in [3.63, 3.8) is 0 Å². The van der Waals surface area contributed by atoms with Gasteiger partial charge >= 0.3 is 0 Å². The first-order valence-corrected chi connectivity index (χ1v) is 17.4. The molecule has 250 valence electrons. The van der Waals surface area contributed by atoms with E-state index in [-0.39, 0.29) is 22.9 Å². The maximum absolute atomic E-state index is 10.7. The molecule has 4 nitrogen and oxygen atoms in total. The van der Waals surface area contributed by atoms with Gasteiger partial charge < -0.3 is 5.11 Å². The van der Waals surface area contributed by atoms with Gasteiger partial charge in [0.2, 0.25) is 0 Å². The largest absolute Gasteiger partial charge is 0.392 e. The molecule has 0 atom stereocenters. The Hall–Kier alpha value is -4.67. The zero-order chi connectivity index (χ0) is 35.2. The molecule has 0 radical (unpaired) electrons. The Labute approximate surface area is 290 Å². The van der Waals surface area contributed by atoms with Crippen molar-refractivity contribution in [1.82, 2.24) is 14.1 Å². The third-order valence-corrected chi connectivity index (χ3v) is 10.1. The molecule has 0 bridgehead atoms. The Morgan fingerprint density at radius 3 is 1.22 bits per heavy atom. The van der Waals surface area contributed by atoms with Crippen molar-refractivity contribution < 1.29 is 5.11 Å². The Bertz CT molecular complexity index is 2380. The molecule has 4 aromatic carbocycles. The van der Waals surface area contributed by atoms with Crippen LogP contribution in [0.15, 0.2) is 91.5 Å². The van der Waals surface area contributed by atoms with Gasteiger partial charge in [0.25, 0.3) is 0 Å². The number of nitrogens with zero attached hydrogens (tertiary/aromatic N) is 3. The number of pyridine rings is 1. The van der Waals surface area contributed by atoms with Gasteiger partial charge in [0.05, 0.1) is 28.7 Å². The van der Waals surface area contributed by atoms with Crippen molar-refractivity contribution in [2.24, 2.45) is 0 Å². The molecular formula is C45H49N3O. The predicted molar refractivity (Wildman–Crippen MR) is 210 cm³/mol. The molecule has 0 saturated carbocycles. The Balaban J connectivity index is 1.55. The number of allylic oxidation sites excluding steroid dienone is 1. The minimum Gasteiger partial charge on any atom is -0.392 e. The molecule has 3 aromatic heterocycles. The summed E-state index contributed by atoms with van der Waals surface area (Å²) in [6.45, 7) is 26.6. The Morgan fingerprint density at radius 1 is 0.551 bits per heavy atom. The van der Waals surface area contributed by atoms with E-state index in [1.807, 2.05) is 12.1 Å². The lowest BCUT2D eigenvalue weighted by Crippen LogP contribution is -2.11. The third-order valence-electron chi connectivity index (χ3n) is 10.1. The van der Waals surface area contributed by atoms with Crippen molar-refractivity contribution in [2.75, 3.05) is 0 Å². The highest BCUT2D eigenvalue weighted by molar-refractivity contribution is 6.11. The van der Waals surface area contributed by atoms with Crippen LogP contribution in [0.25, 0.3) is 60.8 Å². The number of fused-ring (bicyclic) bond motifs is 6. The highest BCUT2D eigenvalue weighted by atomic mass is 16.3. The zero-order valence-electron chi connectivity index (χ0n) is 30.8. The van der Waals surface area contributed by atoms with Gasteiger partial charge in [-0.25, -0.2) is 4.98 Å². The van der Waals surface area contributed by atoms with E-state index in [0.717, 1.165) is 50.4 Å². The first-order valence-electron chi connectivity index (χ1n) is 17.4. The van der Waals surface area contributed by atoms with Crippen LogP contribution in [-0.2, 0) is 22.9 Å². The van der Waals surface area contributed by atoms with Gasteiger partial charge in [-0.3, -0.25) is 9.13 Å². The van der Waals surface area contributed by atoms with E-state index < -0.39 is 0 Å². The van der Waals surface area contributed by atoms with E-state index in [0.29, 0.717) is 0 Å². The van der Waals surface area contributed by atoms with E-state index in [2.05, 4.69) is 158 Å². The smallest absolute Gasteiger partial charge is 0.140 e. The highest BCUT2D eigenvalue weighted by Gasteiger charge is 2.23. The zero-order valence-corrected chi connectivity index (χ0v) is 30.8. The molecule has 7 rings (SSSR count). The number of hydrogen-bond acceptors (Lipinski definition) is 2. The number of rotatable bonds is 4. The molecule has 0 amide bonds. The van der Waals surface area contributed by atoms with Crippen LogP contribution in [0.5, 0.6) is 0 Å². The highest BCUT2D eigenvalue weighted by Crippen LogP contribution is 2.39. The van der Waals surface area contributed by atoms with Gasteiger partial charge in [-0.15, -0.1) is 0 Å². The molecule has 0 fully saturated rings. The van der Waals surface area contributed by atoms with Crippen LogP contribution in [0.1, 0.15) is 97.1 Å². The minimum absolute atomic E-state index is 0.00699. The molecule has 7 aromatic rings. The topological polar surface area (TPSA) is 43.0 Å². The van der Waals surface area contributed by atoms with E-state index in [1.165, 1.54) is 38.2 Å². The summed E-state index contributed by atoms with van der Waals surface area (Å²) in [5.41, 5.74) is 11.3. The molecule has 0 aliphatic rings. The number of aliphatic hydroxyl groups excluding tert-OH is 1. The maximum atomic E-state index is 10.7. The summed E-state index contributed by atoms with van der Waals surface area (Å²) < 4.78 is 4.53. The van der Waals surface area contributed by atoms with Crippen molar-refractivity contribution >= 4 is 49.2 Å². The summed E-state index contributed by atoms with van der Waals surface area (Å²) in [4.78, 5) is 5.44. The molecule has 0 saturated heterocycles. The Kier molecular flexibility index (Phi) is 7.50. The fourth-order valence-electron chi connectivity index (χ4n) is 7.08. The molecule has 0 unspecified atom stereocenters. The van der Waals surface area contributed by atoms with Crippen molar-refractivity contribution in [3.8, 4) is 11.6 Å². The van der Waals surface area contributed by atoms with E-state index in [4.69, 9.17) is 4.98 Å². The molecule has 49 heavy (non-hydrogen) atoms. The molecule has 0 aliphatic carbocycles. The van der Waals surface area contributed by atoms with Crippen LogP contribution in [-0.4, -0.2) is 19.2 Å². The Morgan fingerprint density at radius 2 is 0.898 bits per heavy atom. The van der Waals surface area contributed by atoms with E-state index >= 15 is 0 Å². The second kappa shape index (κ2) is 11.2. The lowest BCUT2D eigenvalue weighted by Gasteiger charge is -2.19. The number of hydrogen-bond donors (Lipinski definition) is 1. The average molecular weight is 648 g/mol.